The van der Waals surface area contributed by atoms with Crippen LogP contribution in [0.5, 0.6) is 0 Å². The quantitative estimate of drug-likeness (QED) is 0.353. The van der Waals surface area contributed by atoms with Gasteiger partial charge >= 0.3 is 6.18 Å². The number of ether oxygens (including phenoxy) is 1. The van der Waals surface area contributed by atoms with Gasteiger partial charge in [0.25, 0.3) is 0 Å². The molecule has 11 heteroatoms. The molecule has 1 spiro atoms. The topological polar surface area (TPSA) is 58.6 Å². The molecule has 0 atom stereocenters. The third-order valence-corrected chi connectivity index (χ3v) is 7.33. The van der Waals surface area contributed by atoms with Crippen molar-refractivity contribution < 1.29 is 31.5 Å². The number of halogens is 5. The fourth-order valence-corrected chi connectivity index (χ4v) is 5.41. The lowest BCUT2D eigenvalue weighted by Gasteiger charge is -2.51. The highest BCUT2D eigenvalue weighted by atomic mass is 19.4. The first-order valence-electron chi connectivity index (χ1n) is 12.7. The van der Waals surface area contributed by atoms with Crippen molar-refractivity contribution in [2.75, 3.05) is 22.9 Å². The van der Waals surface area contributed by atoms with Gasteiger partial charge in [0, 0.05) is 37.3 Å². The van der Waals surface area contributed by atoms with Crippen molar-refractivity contribution >= 4 is 17.4 Å². The fourth-order valence-electron chi connectivity index (χ4n) is 5.41. The number of nitrogens with zero attached hydrogens (tertiary/aromatic N) is 4. The Bertz CT molecular complexity index is 1330. The molecule has 1 amide bonds. The van der Waals surface area contributed by atoms with Crippen molar-refractivity contribution in [2.45, 2.75) is 57.0 Å². The third kappa shape index (κ3) is 5.88. The number of benzene rings is 2. The average molecular weight is 547 g/mol. The summed E-state index contributed by atoms with van der Waals surface area (Å²) in [6.07, 6.45) is -2.21. The molecule has 2 aromatic carbocycles. The molecule has 6 nitrogen and oxygen atoms in total. The SMILES string of the molecule is O=C1CCCC2(CCN(c3cc(C(F)(F)F)nc(COCc4ccccc4)n3)CC2)N1c1ccc(F)c(F)c1. The number of carbonyl (C=O) groups excluding carboxylic acids is 1. The standard InChI is InChI=1S/C28H27F5N4O2/c29-21-9-8-20(15-22(21)30)37-26(38)7-4-10-27(37)11-13-36(14-12-27)25-16-23(28(31,32)33)34-24(35-25)18-39-17-19-5-2-1-3-6-19/h1-3,5-6,8-9,15-16H,4,7,10-14,17-18H2. The largest absolute Gasteiger partial charge is 0.433 e. The lowest BCUT2D eigenvalue weighted by Crippen LogP contribution is -2.60. The Morgan fingerprint density at radius 3 is 2.33 bits per heavy atom. The molecule has 2 fully saturated rings. The average Bonchev–Trinajstić information content (AvgIpc) is 2.91. The van der Waals surface area contributed by atoms with Crippen LogP contribution in [0.2, 0.25) is 0 Å². The van der Waals surface area contributed by atoms with Crippen LogP contribution in [0.3, 0.4) is 0 Å². The summed E-state index contributed by atoms with van der Waals surface area (Å²) < 4.78 is 74.2. The van der Waals surface area contributed by atoms with E-state index in [2.05, 4.69) is 9.97 Å². The van der Waals surface area contributed by atoms with Crippen LogP contribution in [0, 0.1) is 11.6 Å². The Hall–Kier alpha value is -3.60. The van der Waals surface area contributed by atoms with Gasteiger partial charge in [-0.05, 0) is 43.4 Å². The monoisotopic (exact) mass is 546 g/mol. The highest BCUT2D eigenvalue weighted by molar-refractivity contribution is 5.95. The van der Waals surface area contributed by atoms with E-state index in [9.17, 15) is 26.7 Å². The van der Waals surface area contributed by atoms with Crippen LogP contribution >= 0.6 is 0 Å². The van der Waals surface area contributed by atoms with Gasteiger partial charge in [0.1, 0.15) is 18.1 Å². The van der Waals surface area contributed by atoms with Gasteiger partial charge in [0.2, 0.25) is 5.91 Å². The second kappa shape index (κ2) is 10.9. The molecule has 0 saturated carbocycles. The van der Waals surface area contributed by atoms with Gasteiger partial charge in [-0.3, -0.25) is 4.79 Å². The van der Waals surface area contributed by atoms with Crippen molar-refractivity contribution in [1.29, 1.82) is 0 Å². The minimum atomic E-state index is -4.66. The smallest absolute Gasteiger partial charge is 0.369 e. The van der Waals surface area contributed by atoms with Crippen molar-refractivity contribution in [3.05, 3.63) is 83.3 Å². The summed E-state index contributed by atoms with van der Waals surface area (Å²) in [5.41, 5.74) is -0.537. The zero-order valence-electron chi connectivity index (χ0n) is 21.1. The molecule has 0 aliphatic carbocycles. The summed E-state index contributed by atoms with van der Waals surface area (Å²) in [5, 5.41) is 0. The Balaban J connectivity index is 1.35. The van der Waals surface area contributed by atoms with E-state index in [0.29, 0.717) is 38.8 Å². The Morgan fingerprint density at radius 1 is 0.897 bits per heavy atom. The molecule has 0 N–H and O–H groups in total. The minimum Gasteiger partial charge on any atom is -0.369 e. The Labute approximate surface area is 222 Å². The maximum Gasteiger partial charge on any atom is 0.433 e. The van der Waals surface area contributed by atoms with Crippen LogP contribution in [0.15, 0.2) is 54.6 Å². The summed E-state index contributed by atoms with van der Waals surface area (Å²) >= 11 is 0. The van der Waals surface area contributed by atoms with E-state index < -0.39 is 29.0 Å². The second-order valence-electron chi connectivity index (χ2n) is 9.90. The van der Waals surface area contributed by atoms with Crippen LogP contribution in [0.4, 0.5) is 33.5 Å². The van der Waals surface area contributed by atoms with Gasteiger partial charge in [-0.15, -0.1) is 0 Å². The van der Waals surface area contributed by atoms with E-state index >= 15 is 0 Å². The lowest BCUT2D eigenvalue weighted by atomic mass is 9.78. The van der Waals surface area contributed by atoms with Crippen molar-refractivity contribution in [3.63, 3.8) is 0 Å². The fraction of sp³-hybridized carbons (Fsp3) is 0.393. The highest BCUT2D eigenvalue weighted by Gasteiger charge is 2.46. The molecule has 206 valence electrons. The van der Waals surface area contributed by atoms with Crippen LogP contribution < -0.4 is 9.80 Å². The van der Waals surface area contributed by atoms with Gasteiger partial charge in [-0.1, -0.05) is 30.3 Å². The summed E-state index contributed by atoms with van der Waals surface area (Å²) in [5.74, 6) is -2.17. The molecule has 2 aliphatic heterocycles. The molecule has 1 aromatic heterocycles. The van der Waals surface area contributed by atoms with Gasteiger partial charge in [-0.25, -0.2) is 18.7 Å². The first-order valence-corrected chi connectivity index (χ1v) is 12.7. The number of piperidine rings is 2. The number of alkyl halides is 3. The van der Waals surface area contributed by atoms with E-state index in [4.69, 9.17) is 4.74 Å². The maximum absolute atomic E-state index is 14.0. The molecule has 2 aliphatic rings. The van der Waals surface area contributed by atoms with E-state index in [1.807, 2.05) is 30.3 Å². The number of aromatic nitrogens is 2. The van der Waals surface area contributed by atoms with Crippen molar-refractivity contribution in [2.24, 2.45) is 0 Å². The molecule has 2 saturated heterocycles. The van der Waals surface area contributed by atoms with Gasteiger partial charge < -0.3 is 14.5 Å². The third-order valence-electron chi connectivity index (χ3n) is 7.33. The van der Waals surface area contributed by atoms with Crippen molar-refractivity contribution in [3.8, 4) is 0 Å². The molecule has 0 unspecified atom stereocenters. The molecule has 0 bridgehead atoms. The number of hydrogen-bond donors (Lipinski definition) is 0. The number of rotatable bonds is 6. The summed E-state index contributed by atoms with van der Waals surface area (Å²) in [6, 6.07) is 13.6. The van der Waals surface area contributed by atoms with Gasteiger partial charge in [-0.2, -0.15) is 13.2 Å². The molecule has 3 aromatic rings. The first-order chi connectivity index (χ1) is 18.6. The number of hydrogen-bond acceptors (Lipinski definition) is 5. The van der Waals surface area contributed by atoms with Crippen LogP contribution in [0.1, 0.15) is 49.2 Å². The number of amides is 1. The zero-order valence-corrected chi connectivity index (χ0v) is 21.1. The number of carbonyl (C=O) groups is 1. The van der Waals surface area contributed by atoms with E-state index in [1.165, 1.54) is 6.07 Å². The Morgan fingerprint density at radius 2 is 1.64 bits per heavy atom. The van der Waals surface area contributed by atoms with Crippen LogP contribution in [-0.4, -0.2) is 34.5 Å². The Kier molecular flexibility index (Phi) is 7.53. The first kappa shape index (κ1) is 27.0. The maximum atomic E-state index is 14.0. The van der Waals surface area contributed by atoms with E-state index in [1.54, 1.807) is 9.80 Å². The summed E-state index contributed by atoms with van der Waals surface area (Å²) in [6.45, 7) is 0.663. The normalized spacial score (nSPS) is 17.6. The molecule has 5 rings (SSSR count). The molecule has 39 heavy (non-hydrogen) atoms. The second-order valence-corrected chi connectivity index (χ2v) is 9.90. The minimum absolute atomic E-state index is 0.0766. The molecular weight excluding hydrogens is 519 g/mol. The zero-order chi connectivity index (χ0) is 27.6. The molecule has 3 heterocycles. The summed E-state index contributed by atoms with van der Waals surface area (Å²) in [7, 11) is 0. The lowest BCUT2D eigenvalue weighted by molar-refractivity contribution is -0.141. The van der Waals surface area contributed by atoms with Gasteiger partial charge in [0.15, 0.2) is 17.5 Å². The van der Waals surface area contributed by atoms with Gasteiger partial charge in [0.05, 0.1) is 12.1 Å². The predicted molar refractivity (Wildman–Crippen MR) is 134 cm³/mol. The highest BCUT2D eigenvalue weighted by Crippen LogP contribution is 2.42. The predicted octanol–water partition coefficient (Wildman–Crippen LogP) is 6.05. The molecule has 0 radical (unpaired) electrons. The van der Waals surface area contributed by atoms with Crippen LogP contribution in [-0.2, 0) is 28.9 Å². The van der Waals surface area contributed by atoms with Crippen LogP contribution in [0.25, 0.3) is 0 Å². The van der Waals surface area contributed by atoms with Crippen molar-refractivity contribution in [1.82, 2.24) is 9.97 Å². The van der Waals surface area contributed by atoms with E-state index in [0.717, 1.165) is 23.8 Å². The van der Waals surface area contributed by atoms with E-state index in [-0.39, 0.29) is 42.9 Å². The number of anilines is 2. The summed E-state index contributed by atoms with van der Waals surface area (Å²) in [4.78, 5) is 24.3. The molecular formula is C28H27F5N4O2.